The lowest BCUT2D eigenvalue weighted by molar-refractivity contribution is 0.463. The summed E-state index contributed by atoms with van der Waals surface area (Å²) in [4.78, 5) is 6.78. The maximum absolute atomic E-state index is 13.3. The molecule has 1 aromatic heterocycles. The van der Waals surface area contributed by atoms with Crippen LogP contribution in [-0.4, -0.2) is 38.7 Å². The van der Waals surface area contributed by atoms with Crippen LogP contribution in [0.4, 0.5) is 9.39 Å². The number of anilines is 1. The summed E-state index contributed by atoms with van der Waals surface area (Å²) in [5.41, 5.74) is 1.09. The van der Waals surface area contributed by atoms with Crippen molar-refractivity contribution in [1.82, 2.24) is 10.6 Å². The lowest BCUT2D eigenvalue weighted by atomic mass is 10.1. The molecule has 1 aromatic carbocycles. The predicted octanol–water partition coefficient (Wildman–Crippen LogP) is 4.03. The zero-order chi connectivity index (χ0) is 18.4. The van der Waals surface area contributed by atoms with Gasteiger partial charge in [0.05, 0.1) is 9.47 Å². The van der Waals surface area contributed by atoms with Crippen LogP contribution in [0.25, 0.3) is 0 Å². The molecule has 0 saturated carbocycles. The Morgan fingerprint density at radius 3 is 2.81 bits per heavy atom. The van der Waals surface area contributed by atoms with Crippen molar-refractivity contribution < 1.29 is 4.39 Å². The Labute approximate surface area is 166 Å². The molecule has 4 nitrogen and oxygen atoms in total. The Bertz CT molecular complexity index is 727. The maximum Gasteiger partial charge on any atom is 0.191 e. The van der Waals surface area contributed by atoms with Crippen LogP contribution in [0, 0.1) is 5.82 Å². The van der Waals surface area contributed by atoms with E-state index < -0.39 is 0 Å². The van der Waals surface area contributed by atoms with E-state index in [9.17, 15) is 4.39 Å². The molecule has 0 amide bonds. The molecule has 0 unspecified atom stereocenters. The Balaban J connectivity index is 1.41. The van der Waals surface area contributed by atoms with Crippen LogP contribution in [0.1, 0.15) is 18.4 Å². The molecule has 140 valence electrons. The third kappa shape index (κ3) is 5.20. The second-order valence-corrected chi connectivity index (χ2v) is 8.13. The zero-order valence-electron chi connectivity index (χ0n) is 14.8. The second kappa shape index (κ2) is 9.37. The van der Waals surface area contributed by atoms with E-state index in [0.717, 1.165) is 50.4 Å². The summed E-state index contributed by atoms with van der Waals surface area (Å²) in [6, 6.07) is 9.87. The van der Waals surface area contributed by atoms with Crippen molar-refractivity contribution in [1.29, 1.82) is 0 Å². The summed E-state index contributed by atoms with van der Waals surface area (Å²) in [6.07, 6.45) is 3.02. The highest BCUT2D eigenvalue weighted by atomic mass is 79.9. The van der Waals surface area contributed by atoms with Crippen molar-refractivity contribution >= 4 is 38.2 Å². The van der Waals surface area contributed by atoms with Crippen LogP contribution in [0.3, 0.4) is 0 Å². The number of piperidine rings is 1. The molecule has 7 heteroatoms. The Hall–Kier alpha value is -1.60. The summed E-state index contributed by atoms with van der Waals surface area (Å²) in [6.45, 7) is 2.89. The Morgan fingerprint density at radius 2 is 2.15 bits per heavy atom. The van der Waals surface area contributed by atoms with Gasteiger partial charge in [-0.15, -0.1) is 11.3 Å². The largest absolute Gasteiger partial charge is 0.363 e. The van der Waals surface area contributed by atoms with Crippen molar-refractivity contribution in [2.24, 2.45) is 4.99 Å². The van der Waals surface area contributed by atoms with Crippen LogP contribution in [0.15, 0.2) is 45.2 Å². The summed E-state index contributed by atoms with van der Waals surface area (Å²) in [5, 5.41) is 10.4. The molecule has 3 rings (SSSR count). The van der Waals surface area contributed by atoms with Crippen LogP contribution >= 0.6 is 27.3 Å². The summed E-state index contributed by atoms with van der Waals surface area (Å²) in [5.74, 6) is 0.605. The van der Waals surface area contributed by atoms with Gasteiger partial charge in [0.15, 0.2) is 5.96 Å². The lowest BCUT2D eigenvalue weighted by Gasteiger charge is -2.33. The third-order valence-corrected chi connectivity index (χ3v) is 6.10. The van der Waals surface area contributed by atoms with Gasteiger partial charge in [0.1, 0.15) is 5.82 Å². The minimum Gasteiger partial charge on any atom is -0.363 e. The number of benzene rings is 1. The first-order valence-corrected chi connectivity index (χ1v) is 10.5. The smallest absolute Gasteiger partial charge is 0.191 e. The van der Waals surface area contributed by atoms with E-state index in [-0.39, 0.29) is 5.82 Å². The van der Waals surface area contributed by atoms with Gasteiger partial charge in [-0.05, 0) is 70.4 Å². The Kier molecular flexibility index (Phi) is 6.91. The highest BCUT2D eigenvalue weighted by Crippen LogP contribution is 2.24. The first-order valence-electron chi connectivity index (χ1n) is 8.85. The van der Waals surface area contributed by atoms with Crippen molar-refractivity contribution in [3.63, 3.8) is 0 Å². The zero-order valence-corrected chi connectivity index (χ0v) is 17.2. The number of hydrogen-bond acceptors (Lipinski definition) is 3. The minimum absolute atomic E-state index is 0.229. The van der Waals surface area contributed by atoms with Gasteiger partial charge in [0.2, 0.25) is 0 Å². The van der Waals surface area contributed by atoms with Crippen LogP contribution in [0.2, 0.25) is 0 Å². The number of aliphatic imine (C=N–C) groups is 1. The fourth-order valence-electron chi connectivity index (χ4n) is 3.10. The first-order chi connectivity index (χ1) is 12.7. The molecule has 2 heterocycles. The monoisotopic (exact) mass is 438 g/mol. The number of rotatable bonds is 5. The Morgan fingerprint density at radius 1 is 1.35 bits per heavy atom. The van der Waals surface area contributed by atoms with E-state index in [1.165, 1.54) is 11.1 Å². The van der Waals surface area contributed by atoms with Gasteiger partial charge in [0, 0.05) is 32.7 Å². The molecule has 2 N–H and O–H groups in total. The van der Waals surface area contributed by atoms with Gasteiger partial charge >= 0.3 is 0 Å². The van der Waals surface area contributed by atoms with E-state index in [1.54, 1.807) is 18.4 Å². The topological polar surface area (TPSA) is 39.7 Å². The third-order valence-electron chi connectivity index (χ3n) is 4.57. The molecule has 0 radical (unpaired) electrons. The van der Waals surface area contributed by atoms with Gasteiger partial charge in [-0.1, -0.05) is 6.07 Å². The van der Waals surface area contributed by atoms with Gasteiger partial charge in [-0.25, -0.2) is 4.39 Å². The van der Waals surface area contributed by atoms with E-state index >= 15 is 0 Å². The SMILES string of the molecule is CN=C(NCCc1ccc(F)c(Br)c1)NC1CCN(c2cccs2)CC1. The van der Waals surface area contributed by atoms with Crippen molar-refractivity contribution in [3.8, 4) is 0 Å². The molecule has 2 aromatic rings. The fourth-order valence-corrected chi connectivity index (χ4v) is 4.31. The van der Waals surface area contributed by atoms with E-state index in [2.05, 4.69) is 54.0 Å². The fraction of sp³-hybridized carbons (Fsp3) is 0.421. The molecule has 0 aliphatic carbocycles. The molecule has 0 spiro atoms. The predicted molar refractivity (Wildman–Crippen MR) is 112 cm³/mol. The summed E-state index contributed by atoms with van der Waals surface area (Å²) in [7, 11) is 1.80. The van der Waals surface area contributed by atoms with Crippen LogP contribution in [0.5, 0.6) is 0 Å². The van der Waals surface area contributed by atoms with E-state index in [0.29, 0.717) is 10.5 Å². The normalized spacial score (nSPS) is 16.0. The standard InChI is InChI=1S/C19H24BrFN4S/c1-22-19(23-9-6-14-4-5-17(21)16(20)13-14)24-15-7-10-25(11-8-15)18-3-2-12-26-18/h2-5,12-13,15H,6-11H2,1H3,(H2,22,23,24). The quantitative estimate of drug-likeness (QED) is 0.546. The lowest BCUT2D eigenvalue weighted by Crippen LogP contribution is -2.49. The molecular formula is C19H24BrFN4S. The molecule has 26 heavy (non-hydrogen) atoms. The highest BCUT2D eigenvalue weighted by Gasteiger charge is 2.20. The highest BCUT2D eigenvalue weighted by molar-refractivity contribution is 9.10. The van der Waals surface area contributed by atoms with Gasteiger partial charge < -0.3 is 15.5 Å². The first kappa shape index (κ1) is 19.2. The number of thiophene rings is 1. The summed E-state index contributed by atoms with van der Waals surface area (Å²) < 4.78 is 13.8. The van der Waals surface area contributed by atoms with Gasteiger partial charge in [0.25, 0.3) is 0 Å². The maximum atomic E-state index is 13.3. The average molecular weight is 439 g/mol. The molecule has 1 aliphatic heterocycles. The molecule has 0 atom stereocenters. The number of guanidine groups is 1. The summed E-state index contributed by atoms with van der Waals surface area (Å²) >= 11 is 5.03. The van der Waals surface area contributed by atoms with Crippen LogP contribution in [-0.2, 0) is 6.42 Å². The van der Waals surface area contributed by atoms with Gasteiger partial charge in [-0.2, -0.15) is 0 Å². The van der Waals surface area contributed by atoms with E-state index in [4.69, 9.17) is 0 Å². The van der Waals surface area contributed by atoms with Crippen molar-refractivity contribution in [3.05, 3.63) is 51.6 Å². The van der Waals surface area contributed by atoms with Gasteiger partial charge in [-0.3, -0.25) is 4.99 Å². The average Bonchev–Trinajstić information content (AvgIpc) is 3.19. The number of halogens is 2. The second-order valence-electron chi connectivity index (χ2n) is 6.35. The van der Waals surface area contributed by atoms with Crippen LogP contribution < -0.4 is 15.5 Å². The molecule has 1 aliphatic rings. The minimum atomic E-state index is -0.229. The molecular weight excluding hydrogens is 415 g/mol. The van der Waals surface area contributed by atoms with Crippen molar-refractivity contribution in [2.75, 3.05) is 31.6 Å². The number of nitrogens with zero attached hydrogens (tertiary/aromatic N) is 2. The number of nitrogens with one attached hydrogen (secondary N) is 2. The molecule has 1 saturated heterocycles. The van der Waals surface area contributed by atoms with Crippen molar-refractivity contribution in [2.45, 2.75) is 25.3 Å². The van der Waals surface area contributed by atoms with E-state index in [1.807, 2.05) is 12.1 Å². The number of hydrogen-bond donors (Lipinski definition) is 2. The molecule has 1 fully saturated rings. The molecule has 0 bridgehead atoms.